The summed E-state index contributed by atoms with van der Waals surface area (Å²) in [6.45, 7) is 5.94. The van der Waals surface area contributed by atoms with Crippen LogP contribution in [0.25, 0.3) is 0 Å². The molecule has 182 valence electrons. The van der Waals surface area contributed by atoms with Gasteiger partial charge in [0.15, 0.2) is 28.8 Å². The molecule has 0 saturated carbocycles. The normalized spacial score (nSPS) is 34.7. The van der Waals surface area contributed by atoms with Crippen LogP contribution >= 0.6 is 0 Å². The van der Waals surface area contributed by atoms with E-state index in [4.69, 9.17) is 14.2 Å². The van der Waals surface area contributed by atoms with Crippen molar-refractivity contribution in [1.82, 2.24) is 9.80 Å². The highest BCUT2D eigenvalue weighted by molar-refractivity contribution is 6.01. The fraction of sp³-hybridized carbons (Fsp3) is 0.577. The second-order valence-corrected chi connectivity index (χ2v) is 10.3. The number of fused-ring (bicyclic) bond motifs is 8. The number of ketones is 1. The third-order valence-electron chi connectivity index (χ3n) is 8.88. The number of carbonyl (C=O) groups is 1. The molecule has 8 nitrogen and oxygen atoms in total. The third kappa shape index (κ3) is 2.62. The average Bonchev–Trinajstić information content (AvgIpc) is 3.30. The van der Waals surface area contributed by atoms with Gasteiger partial charge in [-0.2, -0.15) is 0 Å². The maximum Gasteiger partial charge on any atom is 0.231 e. The number of Topliss-reactive ketones (excluding diaryl/α,β-unsaturated/α-hetero) is 1. The van der Waals surface area contributed by atoms with Gasteiger partial charge in [0.2, 0.25) is 6.79 Å². The second kappa shape index (κ2) is 7.47. The summed E-state index contributed by atoms with van der Waals surface area (Å²) in [5.74, 6) is 1.51. The molecule has 4 aliphatic heterocycles. The van der Waals surface area contributed by atoms with E-state index in [0.717, 1.165) is 28.7 Å². The maximum absolute atomic E-state index is 13.5. The highest BCUT2D eigenvalue weighted by Crippen LogP contribution is 2.55. The molecule has 4 heterocycles. The highest BCUT2D eigenvalue weighted by Gasteiger charge is 2.58. The number of benzene rings is 1. The summed E-state index contributed by atoms with van der Waals surface area (Å²) in [5, 5.41) is 22.0. The lowest BCUT2D eigenvalue weighted by Gasteiger charge is -2.62. The SMILES string of the molecule is COc1c(C)cc2c(c1O)[C@H]1C3CC4C(=O)C(C)=C5OCOC5=C4C(CO)N3[C@@H](C)[C@@H](C2)N1C. The number of aliphatic hydroxyl groups is 1. The molecule has 1 aliphatic carbocycles. The number of rotatable bonds is 2. The molecule has 1 aromatic carbocycles. The van der Waals surface area contributed by atoms with Crippen molar-refractivity contribution in [2.45, 2.75) is 63.8 Å². The Hall–Kier alpha value is -2.55. The first-order chi connectivity index (χ1) is 16.3. The van der Waals surface area contributed by atoms with E-state index in [1.165, 1.54) is 0 Å². The maximum atomic E-state index is 13.5. The summed E-state index contributed by atoms with van der Waals surface area (Å²) in [7, 11) is 3.69. The largest absolute Gasteiger partial charge is 0.504 e. The van der Waals surface area contributed by atoms with Crippen LogP contribution in [-0.4, -0.2) is 77.5 Å². The van der Waals surface area contributed by atoms with Crippen molar-refractivity contribution in [2.75, 3.05) is 27.6 Å². The summed E-state index contributed by atoms with van der Waals surface area (Å²) in [6, 6.07) is 1.92. The quantitative estimate of drug-likeness (QED) is 0.683. The zero-order valence-electron chi connectivity index (χ0n) is 20.3. The Labute approximate surface area is 199 Å². The van der Waals surface area contributed by atoms with E-state index in [2.05, 4.69) is 29.8 Å². The summed E-state index contributed by atoms with van der Waals surface area (Å²) in [4.78, 5) is 18.2. The predicted molar refractivity (Wildman–Crippen MR) is 123 cm³/mol. The standard InChI is InChI=1S/C26H32N2O6/c1-11-6-14-7-16-13(3)28-17(21(27(16)4)19(14)23(31)24(11)32-5)8-15-20(18(28)9-29)26-25(33-10-34-26)12(2)22(15)30/h6,13,15-18,21,29,31H,7-10H2,1-5H3/t13-,15?,16+,17?,18?,21+/m0/s1. The Bertz CT molecular complexity index is 1160. The molecule has 2 bridgehead atoms. The van der Waals surface area contributed by atoms with E-state index in [-0.39, 0.29) is 61.1 Å². The van der Waals surface area contributed by atoms with Gasteiger partial charge < -0.3 is 24.4 Å². The minimum absolute atomic E-state index is 0.0384. The predicted octanol–water partition coefficient (Wildman–Crippen LogP) is 2.18. The molecular weight excluding hydrogens is 436 g/mol. The van der Waals surface area contributed by atoms with Crippen LogP contribution in [0.15, 0.2) is 28.7 Å². The molecule has 3 unspecified atom stereocenters. The molecular formula is C26H32N2O6. The Morgan fingerprint density at radius 1 is 1.21 bits per heavy atom. The van der Waals surface area contributed by atoms with Gasteiger partial charge in [-0.3, -0.25) is 14.6 Å². The van der Waals surface area contributed by atoms with Crippen molar-refractivity contribution in [1.29, 1.82) is 0 Å². The third-order valence-corrected chi connectivity index (χ3v) is 8.88. The van der Waals surface area contributed by atoms with Crippen molar-refractivity contribution < 1.29 is 29.2 Å². The number of ether oxygens (including phenoxy) is 3. The number of aryl methyl sites for hydroxylation is 1. The molecule has 6 rings (SSSR count). The monoisotopic (exact) mass is 468 g/mol. The number of allylic oxidation sites excluding steroid dienone is 1. The molecule has 0 radical (unpaired) electrons. The fourth-order valence-corrected chi connectivity index (χ4v) is 7.46. The van der Waals surface area contributed by atoms with Crippen LogP contribution in [-0.2, 0) is 20.7 Å². The van der Waals surface area contributed by atoms with Gasteiger partial charge in [-0.1, -0.05) is 6.07 Å². The number of aliphatic hydroxyl groups excluding tert-OH is 1. The van der Waals surface area contributed by atoms with Gasteiger partial charge in [0.25, 0.3) is 0 Å². The lowest BCUT2D eigenvalue weighted by atomic mass is 9.67. The van der Waals surface area contributed by atoms with Gasteiger partial charge >= 0.3 is 0 Å². The van der Waals surface area contributed by atoms with E-state index >= 15 is 0 Å². The molecule has 34 heavy (non-hydrogen) atoms. The summed E-state index contributed by atoms with van der Waals surface area (Å²) in [6.07, 6.45) is 1.38. The van der Waals surface area contributed by atoms with Crippen molar-refractivity contribution in [3.8, 4) is 11.5 Å². The van der Waals surface area contributed by atoms with Crippen LogP contribution in [0.5, 0.6) is 11.5 Å². The molecule has 8 heteroatoms. The zero-order valence-corrected chi connectivity index (χ0v) is 20.3. The average molecular weight is 469 g/mol. The molecule has 1 aromatic rings. The van der Waals surface area contributed by atoms with E-state index in [1.807, 2.05) is 6.92 Å². The summed E-state index contributed by atoms with van der Waals surface area (Å²) >= 11 is 0. The molecule has 5 aliphatic rings. The second-order valence-electron chi connectivity index (χ2n) is 10.3. The van der Waals surface area contributed by atoms with E-state index in [1.54, 1.807) is 14.0 Å². The first-order valence-electron chi connectivity index (χ1n) is 12.0. The van der Waals surface area contributed by atoms with Crippen LogP contribution < -0.4 is 4.74 Å². The Kier molecular flexibility index (Phi) is 4.82. The molecule has 6 atom stereocenters. The van der Waals surface area contributed by atoms with Crippen LogP contribution in [0.4, 0.5) is 0 Å². The van der Waals surface area contributed by atoms with Crippen molar-refractivity contribution in [3.63, 3.8) is 0 Å². The molecule has 0 spiro atoms. The first kappa shape index (κ1) is 21.9. The van der Waals surface area contributed by atoms with Gasteiger partial charge in [-0.05, 0) is 51.8 Å². The van der Waals surface area contributed by atoms with Gasteiger partial charge in [0.1, 0.15) is 0 Å². The summed E-state index contributed by atoms with van der Waals surface area (Å²) in [5.41, 5.74) is 4.38. The minimum Gasteiger partial charge on any atom is -0.504 e. The van der Waals surface area contributed by atoms with E-state index in [9.17, 15) is 15.0 Å². The zero-order chi connectivity index (χ0) is 24.0. The summed E-state index contributed by atoms with van der Waals surface area (Å²) < 4.78 is 17.1. The van der Waals surface area contributed by atoms with Crippen molar-refractivity contribution in [3.05, 3.63) is 45.4 Å². The smallest absolute Gasteiger partial charge is 0.231 e. The van der Waals surface area contributed by atoms with Gasteiger partial charge in [0, 0.05) is 34.8 Å². The molecule has 2 N–H and O–H groups in total. The number of phenolic OH excluding ortho intramolecular Hbond substituents is 1. The fourth-order valence-electron chi connectivity index (χ4n) is 7.46. The van der Waals surface area contributed by atoms with Crippen molar-refractivity contribution in [2.24, 2.45) is 5.92 Å². The number of likely N-dealkylation sites (N-methyl/N-ethyl adjacent to an activating group) is 1. The molecule has 3 fully saturated rings. The van der Waals surface area contributed by atoms with E-state index in [0.29, 0.717) is 29.3 Å². The lowest BCUT2D eigenvalue weighted by molar-refractivity contribution is -0.128. The Morgan fingerprint density at radius 2 is 1.94 bits per heavy atom. The van der Waals surface area contributed by atoms with Crippen molar-refractivity contribution >= 4 is 5.78 Å². The van der Waals surface area contributed by atoms with Gasteiger partial charge in [-0.15, -0.1) is 0 Å². The number of piperidine rings is 1. The minimum atomic E-state index is -0.379. The Balaban J connectivity index is 1.54. The molecule has 0 aromatic heterocycles. The number of methoxy groups -OCH3 is 1. The Morgan fingerprint density at radius 3 is 2.65 bits per heavy atom. The number of hydrogen-bond acceptors (Lipinski definition) is 8. The van der Waals surface area contributed by atoms with Gasteiger partial charge in [-0.25, -0.2) is 0 Å². The van der Waals surface area contributed by atoms with Crippen LogP contribution in [0, 0.1) is 12.8 Å². The lowest BCUT2D eigenvalue weighted by Crippen LogP contribution is -2.71. The van der Waals surface area contributed by atoms with Crippen LogP contribution in [0.3, 0.4) is 0 Å². The topological polar surface area (TPSA) is 91.7 Å². The number of aromatic hydroxyl groups is 1. The molecule has 0 amide bonds. The number of piperazine rings is 1. The molecule has 3 saturated heterocycles. The van der Waals surface area contributed by atoms with Crippen LogP contribution in [0.2, 0.25) is 0 Å². The number of phenols is 1. The van der Waals surface area contributed by atoms with Crippen LogP contribution in [0.1, 0.15) is 43.0 Å². The first-order valence-corrected chi connectivity index (χ1v) is 12.0. The highest BCUT2D eigenvalue weighted by atomic mass is 16.7. The van der Waals surface area contributed by atoms with E-state index < -0.39 is 0 Å². The number of carbonyl (C=O) groups excluding carboxylic acids is 1. The number of nitrogens with zero attached hydrogens (tertiary/aromatic N) is 2. The van der Waals surface area contributed by atoms with Gasteiger partial charge in [0.05, 0.1) is 31.7 Å². The number of hydrogen-bond donors (Lipinski definition) is 2.